The van der Waals surface area contributed by atoms with Gasteiger partial charge in [-0.05, 0) is 31.5 Å². The molecule has 2 aromatic rings. The van der Waals surface area contributed by atoms with E-state index >= 15 is 0 Å². The molecule has 0 saturated carbocycles. The van der Waals surface area contributed by atoms with Gasteiger partial charge >= 0.3 is 0 Å². The Morgan fingerprint density at radius 2 is 2.27 bits per heavy atom. The Kier molecular flexibility index (Phi) is 2.72. The van der Waals surface area contributed by atoms with Crippen molar-refractivity contribution in [2.45, 2.75) is 13.8 Å². The maximum Gasteiger partial charge on any atom is 0.121 e. The van der Waals surface area contributed by atoms with Gasteiger partial charge in [0, 0.05) is 18.5 Å². The molecule has 78 valence electrons. The summed E-state index contributed by atoms with van der Waals surface area (Å²) in [6.07, 6.45) is 3.70. The molecule has 0 saturated heterocycles. The Labute approximate surface area is 89.3 Å². The van der Waals surface area contributed by atoms with Gasteiger partial charge < -0.3 is 4.74 Å². The average Bonchev–Trinajstić information content (AvgIpc) is 2.74. The summed E-state index contributed by atoms with van der Waals surface area (Å²) >= 11 is 0. The summed E-state index contributed by atoms with van der Waals surface area (Å²) in [5.41, 5.74) is 2.24. The summed E-state index contributed by atoms with van der Waals surface area (Å²) < 4.78 is 7.30. The highest BCUT2D eigenvalue weighted by Crippen LogP contribution is 2.20. The highest BCUT2D eigenvalue weighted by molar-refractivity contribution is 5.45. The molecule has 0 spiro atoms. The van der Waals surface area contributed by atoms with Crippen molar-refractivity contribution in [3.8, 4) is 11.4 Å². The van der Waals surface area contributed by atoms with Crippen LogP contribution in [0, 0.1) is 6.92 Å². The predicted octanol–water partition coefficient (Wildman–Crippen LogP) is 2.58. The molecule has 1 aromatic heterocycles. The standard InChI is InChI=1S/C12H14N2O/c1-3-15-11-6-5-10(2)12(9-11)14-8-4-7-13-14/h4-9H,3H2,1-2H3. The highest BCUT2D eigenvalue weighted by atomic mass is 16.5. The smallest absolute Gasteiger partial charge is 0.121 e. The third-order valence-corrected chi connectivity index (χ3v) is 2.24. The molecule has 0 amide bonds. The number of ether oxygens (including phenoxy) is 1. The molecule has 2 rings (SSSR count). The van der Waals surface area contributed by atoms with Crippen LogP contribution in [0.3, 0.4) is 0 Å². The van der Waals surface area contributed by atoms with Crippen LogP contribution in [0.5, 0.6) is 5.75 Å². The zero-order valence-corrected chi connectivity index (χ0v) is 8.97. The zero-order valence-electron chi connectivity index (χ0n) is 8.97. The lowest BCUT2D eigenvalue weighted by Crippen LogP contribution is -1.99. The van der Waals surface area contributed by atoms with E-state index in [-0.39, 0.29) is 0 Å². The average molecular weight is 202 g/mol. The van der Waals surface area contributed by atoms with Gasteiger partial charge in [0.25, 0.3) is 0 Å². The lowest BCUT2D eigenvalue weighted by Gasteiger charge is -2.09. The number of hydrogen-bond donors (Lipinski definition) is 0. The molecule has 0 aliphatic heterocycles. The Morgan fingerprint density at radius 3 is 2.93 bits per heavy atom. The Hall–Kier alpha value is -1.77. The third kappa shape index (κ3) is 2.01. The van der Waals surface area contributed by atoms with Crippen LogP contribution in [0.4, 0.5) is 0 Å². The van der Waals surface area contributed by atoms with Crippen LogP contribution in [0.1, 0.15) is 12.5 Å². The fourth-order valence-electron chi connectivity index (χ4n) is 1.50. The van der Waals surface area contributed by atoms with Crippen molar-refractivity contribution in [1.82, 2.24) is 9.78 Å². The maximum absolute atomic E-state index is 5.46. The minimum atomic E-state index is 0.682. The summed E-state index contributed by atoms with van der Waals surface area (Å²) in [5, 5.41) is 4.21. The van der Waals surface area contributed by atoms with Gasteiger partial charge in [0.1, 0.15) is 5.75 Å². The molecule has 3 nitrogen and oxygen atoms in total. The fraction of sp³-hybridized carbons (Fsp3) is 0.250. The Balaban J connectivity index is 2.41. The summed E-state index contributed by atoms with van der Waals surface area (Å²) in [5.74, 6) is 0.883. The molecule has 0 aliphatic rings. The monoisotopic (exact) mass is 202 g/mol. The van der Waals surface area contributed by atoms with E-state index in [4.69, 9.17) is 4.74 Å². The lowest BCUT2D eigenvalue weighted by atomic mass is 10.2. The number of aromatic nitrogens is 2. The van der Waals surface area contributed by atoms with Crippen LogP contribution < -0.4 is 4.74 Å². The van der Waals surface area contributed by atoms with E-state index in [9.17, 15) is 0 Å². The van der Waals surface area contributed by atoms with Gasteiger partial charge in [0.05, 0.1) is 12.3 Å². The molecule has 3 heteroatoms. The summed E-state index contributed by atoms with van der Waals surface area (Å²) in [4.78, 5) is 0. The van der Waals surface area contributed by atoms with Crippen LogP contribution in [0.15, 0.2) is 36.7 Å². The molecule has 15 heavy (non-hydrogen) atoms. The number of benzene rings is 1. The van der Waals surface area contributed by atoms with E-state index in [2.05, 4.69) is 12.0 Å². The number of aryl methyl sites for hydroxylation is 1. The first-order valence-electron chi connectivity index (χ1n) is 5.04. The summed E-state index contributed by atoms with van der Waals surface area (Å²) in [6, 6.07) is 7.94. The molecule has 0 aliphatic carbocycles. The predicted molar refractivity (Wildman–Crippen MR) is 59.5 cm³/mol. The van der Waals surface area contributed by atoms with Crippen molar-refractivity contribution in [3.63, 3.8) is 0 Å². The SMILES string of the molecule is CCOc1ccc(C)c(-n2cccn2)c1. The van der Waals surface area contributed by atoms with Gasteiger partial charge in [-0.15, -0.1) is 0 Å². The van der Waals surface area contributed by atoms with E-state index in [1.165, 1.54) is 5.56 Å². The number of hydrogen-bond acceptors (Lipinski definition) is 2. The van der Waals surface area contributed by atoms with Crippen LogP contribution in [0.2, 0.25) is 0 Å². The second-order valence-electron chi connectivity index (χ2n) is 3.33. The second kappa shape index (κ2) is 4.17. The van der Waals surface area contributed by atoms with Crippen LogP contribution in [0.25, 0.3) is 5.69 Å². The summed E-state index contributed by atoms with van der Waals surface area (Å²) in [7, 11) is 0. The van der Waals surface area contributed by atoms with Crippen molar-refractivity contribution in [2.24, 2.45) is 0 Å². The fourth-order valence-corrected chi connectivity index (χ4v) is 1.50. The maximum atomic E-state index is 5.46. The van der Waals surface area contributed by atoms with E-state index in [0.29, 0.717) is 6.61 Å². The normalized spacial score (nSPS) is 10.3. The first-order chi connectivity index (χ1) is 7.31. The molecule has 0 fully saturated rings. The van der Waals surface area contributed by atoms with Crippen LogP contribution in [-0.4, -0.2) is 16.4 Å². The van der Waals surface area contributed by atoms with Crippen LogP contribution >= 0.6 is 0 Å². The molecular weight excluding hydrogens is 188 g/mol. The first-order valence-corrected chi connectivity index (χ1v) is 5.04. The van der Waals surface area contributed by atoms with Crippen molar-refractivity contribution in [3.05, 3.63) is 42.2 Å². The van der Waals surface area contributed by atoms with Gasteiger partial charge in [0.15, 0.2) is 0 Å². The lowest BCUT2D eigenvalue weighted by molar-refractivity contribution is 0.340. The van der Waals surface area contributed by atoms with Crippen molar-refractivity contribution >= 4 is 0 Å². The van der Waals surface area contributed by atoms with E-state index in [1.807, 2.05) is 42.1 Å². The highest BCUT2D eigenvalue weighted by Gasteiger charge is 2.02. The largest absolute Gasteiger partial charge is 0.494 e. The van der Waals surface area contributed by atoms with E-state index in [1.54, 1.807) is 6.20 Å². The quantitative estimate of drug-likeness (QED) is 0.764. The Bertz CT molecular complexity index is 435. The molecule has 0 bridgehead atoms. The number of rotatable bonds is 3. The third-order valence-electron chi connectivity index (χ3n) is 2.24. The van der Waals surface area contributed by atoms with Crippen molar-refractivity contribution in [2.75, 3.05) is 6.61 Å². The molecule has 1 aromatic carbocycles. The van der Waals surface area contributed by atoms with Gasteiger partial charge in [-0.3, -0.25) is 0 Å². The van der Waals surface area contributed by atoms with Gasteiger partial charge in [0.2, 0.25) is 0 Å². The summed E-state index contributed by atoms with van der Waals surface area (Å²) in [6.45, 7) is 4.72. The first kappa shape index (κ1) is 9.77. The molecule has 1 heterocycles. The van der Waals surface area contributed by atoms with Crippen molar-refractivity contribution < 1.29 is 4.74 Å². The second-order valence-corrected chi connectivity index (χ2v) is 3.33. The number of nitrogens with zero attached hydrogens (tertiary/aromatic N) is 2. The van der Waals surface area contributed by atoms with Gasteiger partial charge in [-0.25, -0.2) is 4.68 Å². The van der Waals surface area contributed by atoms with Crippen molar-refractivity contribution in [1.29, 1.82) is 0 Å². The van der Waals surface area contributed by atoms with E-state index in [0.717, 1.165) is 11.4 Å². The molecule has 0 atom stereocenters. The van der Waals surface area contributed by atoms with Crippen LogP contribution in [-0.2, 0) is 0 Å². The molecule has 0 N–H and O–H groups in total. The molecule has 0 radical (unpaired) electrons. The minimum absolute atomic E-state index is 0.682. The molecular formula is C12H14N2O. The Morgan fingerprint density at radius 1 is 1.40 bits per heavy atom. The topological polar surface area (TPSA) is 27.1 Å². The minimum Gasteiger partial charge on any atom is -0.494 e. The molecule has 0 unspecified atom stereocenters. The van der Waals surface area contributed by atoms with Gasteiger partial charge in [-0.2, -0.15) is 5.10 Å². The van der Waals surface area contributed by atoms with Gasteiger partial charge in [-0.1, -0.05) is 6.07 Å². The van der Waals surface area contributed by atoms with E-state index < -0.39 is 0 Å². The zero-order chi connectivity index (χ0) is 10.7.